The quantitative estimate of drug-likeness (QED) is 0.912. The third kappa shape index (κ3) is 2.43. The molecule has 2 N–H and O–H groups in total. The number of aromatic nitrogens is 2. The van der Waals surface area contributed by atoms with Crippen LogP contribution in [-0.4, -0.2) is 9.78 Å². The molecule has 0 aliphatic rings. The average Bonchev–Trinajstić information content (AvgIpc) is 2.52. The van der Waals surface area contributed by atoms with E-state index in [1.807, 2.05) is 6.07 Å². The molecule has 0 spiro atoms. The second-order valence-electron chi connectivity index (χ2n) is 3.32. The van der Waals surface area contributed by atoms with Crippen molar-refractivity contribution in [3.05, 3.63) is 45.2 Å². The van der Waals surface area contributed by atoms with Crippen molar-refractivity contribution in [3.8, 4) is 0 Å². The Labute approximate surface area is 108 Å². The summed E-state index contributed by atoms with van der Waals surface area (Å²) in [7, 11) is 0. The minimum absolute atomic E-state index is 0.306. The van der Waals surface area contributed by atoms with Crippen LogP contribution in [0.1, 0.15) is 5.56 Å². The summed E-state index contributed by atoms with van der Waals surface area (Å²) in [4.78, 5) is 0. The van der Waals surface area contributed by atoms with Crippen LogP contribution < -0.4 is 5.73 Å². The van der Waals surface area contributed by atoms with Crippen molar-refractivity contribution in [1.82, 2.24) is 9.78 Å². The minimum atomic E-state index is 0.306. The predicted molar refractivity (Wildman–Crippen MR) is 67.2 cm³/mol. The number of anilines is 1. The molecule has 1 aromatic carbocycles. The van der Waals surface area contributed by atoms with Gasteiger partial charge in [-0.15, -0.1) is 0 Å². The van der Waals surface area contributed by atoms with Crippen molar-refractivity contribution >= 4 is 40.5 Å². The topological polar surface area (TPSA) is 43.8 Å². The lowest BCUT2D eigenvalue weighted by atomic mass is 10.2. The molecule has 0 unspecified atom stereocenters. The molecule has 0 saturated heterocycles. The molecular weight excluding hydrogens is 268 g/mol. The molecule has 0 fully saturated rings. The second-order valence-corrected chi connectivity index (χ2v) is 4.49. The highest BCUT2D eigenvalue weighted by Gasteiger charge is 2.04. The Morgan fingerprint density at radius 1 is 1.19 bits per heavy atom. The molecule has 0 aliphatic heterocycles. The van der Waals surface area contributed by atoms with Gasteiger partial charge in [0.25, 0.3) is 0 Å². The number of nitrogen functional groups attached to an aromatic ring is 1. The van der Waals surface area contributed by atoms with Gasteiger partial charge in [-0.3, -0.25) is 4.68 Å². The van der Waals surface area contributed by atoms with Crippen LogP contribution in [-0.2, 0) is 6.54 Å². The molecule has 16 heavy (non-hydrogen) atoms. The second kappa shape index (κ2) is 4.53. The molecular formula is C10H8Cl3N3. The maximum absolute atomic E-state index is 5.90. The SMILES string of the molecule is Nc1cn(Cc2ccc(Cl)c(Cl)c2)nc1Cl. The van der Waals surface area contributed by atoms with E-state index in [1.54, 1.807) is 23.0 Å². The first-order chi connectivity index (χ1) is 7.56. The summed E-state index contributed by atoms with van der Waals surface area (Å²) in [6.07, 6.45) is 1.67. The number of rotatable bonds is 2. The van der Waals surface area contributed by atoms with E-state index in [0.29, 0.717) is 27.4 Å². The van der Waals surface area contributed by atoms with Crippen LogP contribution in [0.4, 0.5) is 5.69 Å². The average molecular weight is 277 g/mol. The Balaban J connectivity index is 2.23. The molecule has 84 valence electrons. The fraction of sp³-hybridized carbons (Fsp3) is 0.100. The predicted octanol–water partition coefficient (Wildman–Crippen LogP) is 3.47. The van der Waals surface area contributed by atoms with Crippen molar-refractivity contribution in [2.24, 2.45) is 0 Å². The lowest BCUT2D eigenvalue weighted by molar-refractivity contribution is 0.687. The van der Waals surface area contributed by atoms with E-state index in [9.17, 15) is 0 Å². The fourth-order valence-electron chi connectivity index (χ4n) is 1.32. The van der Waals surface area contributed by atoms with E-state index in [0.717, 1.165) is 5.56 Å². The molecule has 0 saturated carbocycles. The van der Waals surface area contributed by atoms with E-state index >= 15 is 0 Å². The Morgan fingerprint density at radius 2 is 1.94 bits per heavy atom. The van der Waals surface area contributed by atoms with Crippen molar-refractivity contribution in [2.45, 2.75) is 6.54 Å². The van der Waals surface area contributed by atoms with Gasteiger partial charge in [-0.1, -0.05) is 40.9 Å². The molecule has 0 radical (unpaired) electrons. The summed E-state index contributed by atoms with van der Waals surface area (Å²) < 4.78 is 1.65. The number of nitrogens with zero attached hydrogens (tertiary/aromatic N) is 2. The molecule has 0 atom stereocenters. The van der Waals surface area contributed by atoms with Gasteiger partial charge < -0.3 is 5.73 Å². The highest BCUT2D eigenvalue weighted by atomic mass is 35.5. The van der Waals surface area contributed by atoms with Gasteiger partial charge in [0.05, 0.1) is 22.3 Å². The van der Waals surface area contributed by atoms with Gasteiger partial charge in [0.2, 0.25) is 0 Å². The van der Waals surface area contributed by atoms with Gasteiger partial charge in [0.1, 0.15) is 0 Å². The highest BCUT2D eigenvalue weighted by molar-refractivity contribution is 6.42. The van der Waals surface area contributed by atoms with Crippen LogP contribution in [0.25, 0.3) is 0 Å². The summed E-state index contributed by atoms with van der Waals surface area (Å²) in [5.41, 5.74) is 7.03. The Kier molecular flexibility index (Phi) is 3.28. The van der Waals surface area contributed by atoms with Gasteiger partial charge in [0.15, 0.2) is 5.15 Å². The van der Waals surface area contributed by atoms with E-state index in [4.69, 9.17) is 40.5 Å². The van der Waals surface area contributed by atoms with Crippen molar-refractivity contribution in [2.75, 3.05) is 5.73 Å². The van der Waals surface area contributed by atoms with Crippen molar-refractivity contribution in [3.63, 3.8) is 0 Å². The summed E-state index contributed by atoms with van der Waals surface area (Å²) in [5.74, 6) is 0. The molecule has 6 heteroatoms. The first-order valence-electron chi connectivity index (χ1n) is 4.48. The summed E-state index contributed by atoms with van der Waals surface area (Å²) in [5, 5.41) is 5.39. The number of nitrogens with two attached hydrogens (primary N) is 1. The van der Waals surface area contributed by atoms with Gasteiger partial charge in [-0.2, -0.15) is 5.10 Å². The van der Waals surface area contributed by atoms with Gasteiger partial charge in [0, 0.05) is 6.20 Å². The minimum Gasteiger partial charge on any atom is -0.395 e. The zero-order chi connectivity index (χ0) is 11.7. The van der Waals surface area contributed by atoms with Crippen LogP contribution in [0.15, 0.2) is 24.4 Å². The van der Waals surface area contributed by atoms with Gasteiger partial charge in [-0.05, 0) is 17.7 Å². The summed E-state index contributed by atoms with van der Waals surface area (Å²) in [6, 6.07) is 5.41. The molecule has 1 heterocycles. The van der Waals surface area contributed by atoms with Crippen LogP contribution in [0, 0.1) is 0 Å². The molecule has 1 aromatic heterocycles. The van der Waals surface area contributed by atoms with E-state index in [1.165, 1.54) is 0 Å². The van der Waals surface area contributed by atoms with Crippen molar-refractivity contribution in [1.29, 1.82) is 0 Å². The first-order valence-corrected chi connectivity index (χ1v) is 5.62. The largest absolute Gasteiger partial charge is 0.395 e. The first kappa shape index (κ1) is 11.6. The number of halogens is 3. The Bertz CT molecular complexity index is 503. The zero-order valence-corrected chi connectivity index (χ0v) is 10.4. The third-order valence-corrected chi connectivity index (χ3v) is 3.10. The molecule has 2 aromatic rings. The van der Waals surface area contributed by atoms with Crippen LogP contribution in [0.3, 0.4) is 0 Å². The van der Waals surface area contributed by atoms with Gasteiger partial charge >= 0.3 is 0 Å². The van der Waals surface area contributed by atoms with Gasteiger partial charge in [-0.25, -0.2) is 0 Å². The smallest absolute Gasteiger partial charge is 0.173 e. The standard InChI is InChI=1S/C10H8Cl3N3/c11-7-2-1-6(3-8(7)12)4-16-5-9(14)10(13)15-16/h1-3,5H,4,14H2. The van der Waals surface area contributed by atoms with E-state index < -0.39 is 0 Å². The molecule has 2 rings (SSSR count). The molecule has 0 amide bonds. The lowest BCUT2D eigenvalue weighted by Crippen LogP contribution is -1.99. The zero-order valence-electron chi connectivity index (χ0n) is 8.12. The van der Waals surface area contributed by atoms with Crippen LogP contribution in [0.2, 0.25) is 15.2 Å². The molecule has 0 aliphatic carbocycles. The van der Waals surface area contributed by atoms with Crippen molar-refractivity contribution < 1.29 is 0 Å². The Hall–Kier alpha value is -0.900. The molecule has 3 nitrogen and oxygen atoms in total. The maximum atomic E-state index is 5.90. The number of hydrogen-bond donors (Lipinski definition) is 1. The number of benzene rings is 1. The normalized spacial score (nSPS) is 10.7. The van der Waals surface area contributed by atoms with Crippen LogP contribution in [0.5, 0.6) is 0 Å². The Morgan fingerprint density at radius 3 is 2.50 bits per heavy atom. The van der Waals surface area contributed by atoms with Crippen LogP contribution >= 0.6 is 34.8 Å². The molecule has 0 bridgehead atoms. The maximum Gasteiger partial charge on any atom is 0.173 e. The monoisotopic (exact) mass is 275 g/mol. The lowest BCUT2D eigenvalue weighted by Gasteiger charge is -2.03. The van der Waals surface area contributed by atoms with E-state index in [2.05, 4.69) is 5.10 Å². The summed E-state index contributed by atoms with van der Waals surface area (Å²) >= 11 is 17.5. The fourth-order valence-corrected chi connectivity index (χ4v) is 1.79. The number of hydrogen-bond acceptors (Lipinski definition) is 2. The third-order valence-electron chi connectivity index (χ3n) is 2.07. The van der Waals surface area contributed by atoms with E-state index in [-0.39, 0.29) is 0 Å². The highest BCUT2D eigenvalue weighted by Crippen LogP contribution is 2.23. The summed E-state index contributed by atoms with van der Waals surface area (Å²) in [6.45, 7) is 0.549.